The molecule has 1 N–H and O–H groups in total. The normalized spacial score (nSPS) is 11.8. The van der Waals surface area contributed by atoms with Crippen molar-refractivity contribution in [2.45, 2.75) is 46.7 Å². The SMILES string of the molecule is Cc1nc(-n2ccnc2C)ccc1CNC(C)(C)C. The maximum Gasteiger partial charge on any atom is 0.138 e. The lowest BCUT2D eigenvalue weighted by molar-refractivity contribution is 0.423. The van der Waals surface area contributed by atoms with E-state index in [1.54, 1.807) is 6.20 Å². The summed E-state index contributed by atoms with van der Waals surface area (Å²) in [6.07, 6.45) is 3.73. The van der Waals surface area contributed by atoms with Crippen molar-refractivity contribution in [2.24, 2.45) is 0 Å². The van der Waals surface area contributed by atoms with Crippen LogP contribution in [0.5, 0.6) is 0 Å². The van der Waals surface area contributed by atoms with Gasteiger partial charge in [0.15, 0.2) is 0 Å². The fourth-order valence-corrected chi connectivity index (χ4v) is 1.88. The molecule has 0 saturated heterocycles. The number of hydrogen-bond donors (Lipinski definition) is 1. The summed E-state index contributed by atoms with van der Waals surface area (Å²) in [7, 11) is 0. The number of aryl methyl sites for hydroxylation is 2. The van der Waals surface area contributed by atoms with Gasteiger partial charge in [-0.3, -0.25) is 4.57 Å². The minimum Gasteiger partial charge on any atom is -0.308 e. The standard InChI is InChI=1S/C15H22N4/c1-11-13(10-17-15(3,4)5)6-7-14(18-11)19-9-8-16-12(19)2/h6-9,17H,10H2,1-5H3. The predicted molar refractivity (Wildman–Crippen MR) is 77.4 cm³/mol. The molecular formula is C15H22N4. The van der Waals surface area contributed by atoms with Gasteiger partial charge in [-0.25, -0.2) is 9.97 Å². The molecule has 2 aromatic heterocycles. The van der Waals surface area contributed by atoms with Gasteiger partial charge in [-0.15, -0.1) is 0 Å². The second-order valence-corrected chi connectivity index (χ2v) is 5.86. The number of pyridine rings is 1. The third-order valence-corrected chi connectivity index (χ3v) is 3.06. The zero-order chi connectivity index (χ0) is 14.0. The molecule has 19 heavy (non-hydrogen) atoms. The molecule has 0 fully saturated rings. The molecule has 2 heterocycles. The maximum absolute atomic E-state index is 4.66. The first kappa shape index (κ1) is 13.7. The average Bonchev–Trinajstić information content (AvgIpc) is 2.72. The van der Waals surface area contributed by atoms with E-state index in [2.05, 4.69) is 49.0 Å². The van der Waals surface area contributed by atoms with E-state index in [1.807, 2.05) is 23.8 Å². The topological polar surface area (TPSA) is 42.7 Å². The Labute approximate surface area is 114 Å². The Morgan fingerprint density at radius 1 is 1.21 bits per heavy atom. The van der Waals surface area contributed by atoms with Crippen LogP contribution in [-0.4, -0.2) is 20.1 Å². The molecule has 4 nitrogen and oxygen atoms in total. The van der Waals surface area contributed by atoms with Gasteiger partial charge < -0.3 is 5.32 Å². The van der Waals surface area contributed by atoms with E-state index in [-0.39, 0.29) is 5.54 Å². The highest BCUT2D eigenvalue weighted by Crippen LogP contribution is 2.13. The van der Waals surface area contributed by atoms with Gasteiger partial charge in [-0.1, -0.05) is 6.07 Å². The van der Waals surface area contributed by atoms with Crippen LogP contribution in [0.15, 0.2) is 24.5 Å². The third-order valence-electron chi connectivity index (χ3n) is 3.06. The van der Waals surface area contributed by atoms with Gasteiger partial charge in [0, 0.05) is 30.2 Å². The highest BCUT2D eigenvalue weighted by molar-refractivity contribution is 5.31. The first-order valence-corrected chi connectivity index (χ1v) is 6.59. The summed E-state index contributed by atoms with van der Waals surface area (Å²) in [5, 5.41) is 3.49. The first-order chi connectivity index (χ1) is 8.87. The Kier molecular flexibility index (Phi) is 3.71. The van der Waals surface area contributed by atoms with Crippen LogP contribution < -0.4 is 5.32 Å². The fourth-order valence-electron chi connectivity index (χ4n) is 1.88. The largest absolute Gasteiger partial charge is 0.308 e. The van der Waals surface area contributed by atoms with E-state index in [0.717, 1.165) is 23.9 Å². The van der Waals surface area contributed by atoms with Crippen molar-refractivity contribution in [1.29, 1.82) is 0 Å². The number of nitrogens with one attached hydrogen (secondary N) is 1. The molecule has 2 aromatic rings. The zero-order valence-corrected chi connectivity index (χ0v) is 12.4. The van der Waals surface area contributed by atoms with E-state index in [4.69, 9.17) is 0 Å². The Bertz CT molecular complexity index is 564. The highest BCUT2D eigenvalue weighted by Gasteiger charge is 2.10. The van der Waals surface area contributed by atoms with Crippen molar-refractivity contribution in [3.8, 4) is 5.82 Å². The Morgan fingerprint density at radius 3 is 2.47 bits per heavy atom. The summed E-state index contributed by atoms with van der Waals surface area (Å²) in [4.78, 5) is 8.88. The molecule has 0 aliphatic heterocycles. The van der Waals surface area contributed by atoms with Crippen LogP contribution in [0.4, 0.5) is 0 Å². The van der Waals surface area contributed by atoms with E-state index in [0.29, 0.717) is 0 Å². The summed E-state index contributed by atoms with van der Waals surface area (Å²) in [5.74, 6) is 1.87. The summed E-state index contributed by atoms with van der Waals surface area (Å²) < 4.78 is 1.99. The molecular weight excluding hydrogens is 236 g/mol. The smallest absolute Gasteiger partial charge is 0.138 e. The molecule has 0 aromatic carbocycles. The number of hydrogen-bond acceptors (Lipinski definition) is 3. The van der Waals surface area contributed by atoms with Crippen molar-refractivity contribution in [1.82, 2.24) is 19.9 Å². The molecule has 0 bridgehead atoms. The molecule has 0 amide bonds. The van der Waals surface area contributed by atoms with Crippen LogP contribution in [0.1, 0.15) is 37.9 Å². The molecule has 0 saturated carbocycles. The van der Waals surface area contributed by atoms with Gasteiger partial charge in [0.2, 0.25) is 0 Å². The third kappa shape index (κ3) is 3.41. The average molecular weight is 258 g/mol. The lowest BCUT2D eigenvalue weighted by Gasteiger charge is -2.21. The summed E-state index contributed by atoms with van der Waals surface area (Å²) >= 11 is 0. The Balaban J connectivity index is 2.20. The lowest BCUT2D eigenvalue weighted by atomic mass is 10.1. The summed E-state index contributed by atoms with van der Waals surface area (Å²) in [6.45, 7) is 11.4. The van der Waals surface area contributed by atoms with E-state index in [1.165, 1.54) is 5.56 Å². The van der Waals surface area contributed by atoms with Crippen molar-refractivity contribution in [3.63, 3.8) is 0 Å². The summed E-state index contributed by atoms with van der Waals surface area (Å²) in [5.41, 5.74) is 2.41. The quantitative estimate of drug-likeness (QED) is 0.920. The van der Waals surface area contributed by atoms with Crippen LogP contribution in [-0.2, 0) is 6.54 Å². The van der Waals surface area contributed by atoms with E-state index in [9.17, 15) is 0 Å². The molecule has 0 radical (unpaired) electrons. The molecule has 0 spiro atoms. The Morgan fingerprint density at radius 2 is 1.95 bits per heavy atom. The Hall–Kier alpha value is -1.68. The molecule has 0 aliphatic rings. The second kappa shape index (κ2) is 5.13. The van der Waals surface area contributed by atoms with Gasteiger partial charge in [0.1, 0.15) is 11.6 Å². The van der Waals surface area contributed by atoms with Crippen LogP contribution >= 0.6 is 0 Å². The molecule has 0 atom stereocenters. The number of nitrogens with zero attached hydrogens (tertiary/aromatic N) is 3. The van der Waals surface area contributed by atoms with E-state index >= 15 is 0 Å². The van der Waals surface area contributed by atoms with Gasteiger partial charge >= 0.3 is 0 Å². The maximum atomic E-state index is 4.66. The van der Waals surface area contributed by atoms with Crippen molar-refractivity contribution in [2.75, 3.05) is 0 Å². The number of rotatable bonds is 3. The monoisotopic (exact) mass is 258 g/mol. The molecule has 102 valence electrons. The molecule has 2 rings (SSSR count). The molecule has 4 heteroatoms. The van der Waals surface area contributed by atoms with Gasteiger partial charge in [0.25, 0.3) is 0 Å². The van der Waals surface area contributed by atoms with Crippen molar-refractivity contribution in [3.05, 3.63) is 41.6 Å². The van der Waals surface area contributed by atoms with Gasteiger partial charge in [-0.2, -0.15) is 0 Å². The van der Waals surface area contributed by atoms with Crippen LogP contribution in [0, 0.1) is 13.8 Å². The second-order valence-electron chi connectivity index (χ2n) is 5.86. The van der Waals surface area contributed by atoms with Crippen molar-refractivity contribution < 1.29 is 0 Å². The van der Waals surface area contributed by atoms with Crippen LogP contribution in [0.2, 0.25) is 0 Å². The van der Waals surface area contributed by atoms with Crippen molar-refractivity contribution >= 4 is 0 Å². The van der Waals surface area contributed by atoms with Crippen LogP contribution in [0.3, 0.4) is 0 Å². The fraction of sp³-hybridized carbons (Fsp3) is 0.467. The van der Waals surface area contributed by atoms with Gasteiger partial charge in [0.05, 0.1) is 0 Å². The molecule has 0 unspecified atom stereocenters. The molecule has 0 aliphatic carbocycles. The zero-order valence-electron chi connectivity index (χ0n) is 12.4. The summed E-state index contributed by atoms with van der Waals surface area (Å²) in [6, 6.07) is 4.18. The number of aromatic nitrogens is 3. The first-order valence-electron chi connectivity index (χ1n) is 6.59. The lowest BCUT2D eigenvalue weighted by Crippen LogP contribution is -2.35. The minimum absolute atomic E-state index is 0.117. The predicted octanol–water partition coefficient (Wildman–Crippen LogP) is 2.77. The van der Waals surface area contributed by atoms with Gasteiger partial charge in [-0.05, 0) is 46.2 Å². The highest BCUT2D eigenvalue weighted by atomic mass is 15.1. The van der Waals surface area contributed by atoms with Crippen LogP contribution in [0.25, 0.3) is 5.82 Å². The minimum atomic E-state index is 0.117. The number of imidazole rings is 1. The van der Waals surface area contributed by atoms with E-state index < -0.39 is 0 Å².